The highest BCUT2D eigenvalue weighted by molar-refractivity contribution is 5.90. The number of carbonyl (C=O) groups excluding carboxylic acids is 1. The summed E-state index contributed by atoms with van der Waals surface area (Å²) in [5.41, 5.74) is 2.61. The Bertz CT molecular complexity index is 1320. The summed E-state index contributed by atoms with van der Waals surface area (Å²) in [7, 11) is 3.36. The molecule has 31 heavy (non-hydrogen) atoms. The molecule has 0 aliphatic rings. The Labute approximate surface area is 177 Å². The van der Waals surface area contributed by atoms with Crippen molar-refractivity contribution in [1.29, 1.82) is 0 Å². The molecule has 4 aromatic rings. The fourth-order valence-corrected chi connectivity index (χ4v) is 3.03. The number of urea groups is 1. The third kappa shape index (κ3) is 4.15. The number of benzene rings is 2. The highest BCUT2D eigenvalue weighted by Gasteiger charge is 2.11. The molecule has 2 aromatic carbocycles. The molecule has 0 unspecified atom stereocenters. The van der Waals surface area contributed by atoms with Crippen molar-refractivity contribution in [2.24, 2.45) is 0 Å². The predicted molar refractivity (Wildman–Crippen MR) is 119 cm³/mol. The second-order valence-electron chi connectivity index (χ2n) is 7.04. The van der Waals surface area contributed by atoms with Gasteiger partial charge in [-0.15, -0.1) is 4.73 Å². The van der Waals surface area contributed by atoms with Gasteiger partial charge in [0, 0.05) is 31.7 Å². The summed E-state index contributed by atoms with van der Waals surface area (Å²) in [5, 5.41) is 16.3. The lowest BCUT2D eigenvalue weighted by Gasteiger charge is -2.13. The van der Waals surface area contributed by atoms with Crippen LogP contribution in [0.4, 0.5) is 22.0 Å². The van der Waals surface area contributed by atoms with Crippen LogP contribution in [0.2, 0.25) is 0 Å². The van der Waals surface area contributed by atoms with E-state index in [4.69, 9.17) is 0 Å². The molecule has 0 aliphatic carbocycles. The van der Waals surface area contributed by atoms with Crippen molar-refractivity contribution in [3.05, 3.63) is 77.3 Å². The molecule has 0 aliphatic heterocycles. The van der Waals surface area contributed by atoms with Gasteiger partial charge >= 0.3 is 11.7 Å². The highest BCUT2D eigenvalue weighted by atomic mass is 16.5. The van der Waals surface area contributed by atoms with Crippen LogP contribution < -0.4 is 16.3 Å². The molecule has 2 amide bonds. The summed E-state index contributed by atoms with van der Waals surface area (Å²) < 4.78 is 0.424. The number of fused-ring (bicyclic) bond motifs is 1. The minimum absolute atomic E-state index is 0.122. The maximum Gasteiger partial charge on any atom is 0.384 e. The number of rotatable bonds is 4. The lowest BCUT2D eigenvalue weighted by Crippen LogP contribution is -2.27. The molecule has 0 saturated carbocycles. The van der Waals surface area contributed by atoms with Crippen LogP contribution in [-0.2, 0) is 0 Å². The second kappa shape index (κ2) is 8.15. The molecule has 3 N–H and O–H groups in total. The molecule has 0 radical (unpaired) electrons. The number of nitrogens with zero attached hydrogens (tertiary/aromatic N) is 4. The quantitative estimate of drug-likeness (QED) is 0.439. The normalized spacial score (nSPS) is 10.6. The van der Waals surface area contributed by atoms with E-state index >= 15 is 0 Å². The number of hydrogen-bond acceptors (Lipinski definition) is 6. The number of amides is 2. The van der Waals surface area contributed by atoms with E-state index in [1.165, 1.54) is 11.1 Å². The highest BCUT2D eigenvalue weighted by Crippen LogP contribution is 2.27. The van der Waals surface area contributed by atoms with Crippen LogP contribution in [0.25, 0.3) is 22.2 Å². The van der Waals surface area contributed by atoms with Crippen LogP contribution in [-0.4, -0.2) is 44.9 Å². The fourth-order valence-electron chi connectivity index (χ4n) is 3.03. The molecule has 0 bridgehead atoms. The molecule has 4 rings (SSSR count). The van der Waals surface area contributed by atoms with Gasteiger partial charge in [-0.25, -0.2) is 14.6 Å². The van der Waals surface area contributed by atoms with Gasteiger partial charge in [0.05, 0.1) is 5.39 Å². The topological polar surface area (TPSA) is 112 Å². The SMILES string of the molecule is CN(C)C(=O)Nc1ccc(-c2cccc(Nc3nc(=O)n(O)c4ncccc34)c2)cc1. The van der Waals surface area contributed by atoms with Gasteiger partial charge in [-0.1, -0.05) is 24.3 Å². The standard InChI is InChI=1S/C22H20N6O3/c1-27(2)21(29)25-16-10-8-14(9-11-16)15-5-3-6-17(13-15)24-19-18-7-4-12-23-20(18)28(31)22(30)26-19/h3-13,31H,1-2H3,(H,25,29)(H,24,26,30). The second-order valence-corrected chi connectivity index (χ2v) is 7.04. The van der Waals surface area contributed by atoms with Crippen LogP contribution in [0.15, 0.2) is 71.7 Å². The summed E-state index contributed by atoms with van der Waals surface area (Å²) in [6, 6.07) is 18.3. The van der Waals surface area contributed by atoms with Crippen molar-refractivity contribution < 1.29 is 10.0 Å². The minimum Gasteiger partial charge on any atom is -0.422 e. The molecular weight excluding hydrogens is 396 g/mol. The third-order valence-electron chi connectivity index (χ3n) is 4.63. The van der Waals surface area contributed by atoms with E-state index < -0.39 is 5.69 Å². The molecule has 0 saturated heterocycles. The first-order valence-corrected chi connectivity index (χ1v) is 9.45. The van der Waals surface area contributed by atoms with Gasteiger partial charge in [-0.05, 0) is 47.5 Å². The van der Waals surface area contributed by atoms with Gasteiger partial charge in [-0.2, -0.15) is 4.98 Å². The maximum absolute atomic E-state index is 12.0. The summed E-state index contributed by atoms with van der Waals surface area (Å²) in [5.74, 6) is 0.303. The number of pyridine rings is 1. The summed E-state index contributed by atoms with van der Waals surface area (Å²) in [6.07, 6.45) is 1.49. The van der Waals surface area contributed by atoms with Crippen molar-refractivity contribution in [3.63, 3.8) is 0 Å². The molecule has 0 spiro atoms. The van der Waals surface area contributed by atoms with Crippen molar-refractivity contribution in [2.75, 3.05) is 24.7 Å². The first-order chi connectivity index (χ1) is 14.9. The predicted octanol–water partition coefficient (Wildman–Crippen LogP) is 3.53. The van der Waals surface area contributed by atoms with Crippen molar-refractivity contribution in [3.8, 4) is 11.1 Å². The van der Waals surface area contributed by atoms with E-state index in [0.29, 0.717) is 21.6 Å². The van der Waals surface area contributed by atoms with Crippen molar-refractivity contribution in [2.45, 2.75) is 0 Å². The lowest BCUT2D eigenvalue weighted by atomic mass is 10.0. The minimum atomic E-state index is -0.819. The zero-order chi connectivity index (χ0) is 22.0. The third-order valence-corrected chi connectivity index (χ3v) is 4.63. The Hall–Kier alpha value is -4.40. The number of anilines is 3. The van der Waals surface area contributed by atoms with E-state index in [2.05, 4.69) is 20.6 Å². The van der Waals surface area contributed by atoms with Gasteiger partial charge in [-0.3, -0.25) is 0 Å². The van der Waals surface area contributed by atoms with Gasteiger partial charge < -0.3 is 20.7 Å². The summed E-state index contributed by atoms with van der Waals surface area (Å²) in [6.45, 7) is 0. The first kappa shape index (κ1) is 19.9. The Morgan fingerprint density at radius 1 is 1.00 bits per heavy atom. The molecule has 9 nitrogen and oxygen atoms in total. The molecule has 9 heteroatoms. The summed E-state index contributed by atoms with van der Waals surface area (Å²) in [4.78, 5) is 33.2. The Kier molecular flexibility index (Phi) is 5.23. The maximum atomic E-state index is 12.0. The molecule has 0 atom stereocenters. The van der Waals surface area contributed by atoms with Gasteiger partial charge in [0.2, 0.25) is 0 Å². The first-order valence-electron chi connectivity index (χ1n) is 9.45. The Balaban J connectivity index is 1.61. The number of hydrogen-bond donors (Lipinski definition) is 3. The van der Waals surface area contributed by atoms with Crippen LogP contribution >= 0.6 is 0 Å². The van der Waals surface area contributed by atoms with Crippen molar-refractivity contribution >= 4 is 34.3 Å². The fraction of sp³-hybridized carbons (Fsp3) is 0.0909. The van der Waals surface area contributed by atoms with Crippen LogP contribution in [0.5, 0.6) is 0 Å². The van der Waals surface area contributed by atoms with Crippen molar-refractivity contribution in [1.82, 2.24) is 19.6 Å². The average molecular weight is 416 g/mol. The molecule has 0 fully saturated rings. The molecule has 2 aromatic heterocycles. The number of nitrogens with one attached hydrogen (secondary N) is 2. The van der Waals surface area contributed by atoms with Gasteiger partial charge in [0.15, 0.2) is 5.65 Å². The van der Waals surface area contributed by atoms with E-state index in [1.54, 1.807) is 26.2 Å². The number of carbonyl (C=O) groups is 1. The van der Waals surface area contributed by atoms with E-state index in [9.17, 15) is 14.8 Å². The lowest BCUT2D eigenvalue weighted by molar-refractivity contribution is 0.182. The van der Waals surface area contributed by atoms with E-state index in [0.717, 1.165) is 16.8 Å². The average Bonchev–Trinajstić information content (AvgIpc) is 2.78. The smallest absolute Gasteiger partial charge is 0.384 e. The zero-order valence-electron chi connectivity index (χ0n) is 16.9. The molecule has 156 valence electrons. The van der Waals surface area contributed by atoms with Crippen LogP contribution in [0, 0.1) is 0 Å². The summed E-state index contributed by atoms with van der Waals surface area (Å²) >= 11 is 0. The Morgan fingerprint density at radius 3 is 2.52 bits per heavy atom. The van der Waals surface area contributed by atoms with Crippen LogP contribution in [0.1, 0.15) is 0 Å². The molecular formula is C22H20N6O3. The van der Waals surface area contributed by atoms with Gasteiger partial charge in [0.25, 0.3) is 0 Å². The van der Waals surface area contributed by atoms with Crippen LogP contribution in [0.3, 0.4) is 0 Å². The monoisotopic (exact) mass is 416 g/mol. The van der Waals surface area contributed by atoms with E-state index in [-0.39, 0.29) is 11.7 Å². The Morgan fingerprint density at radius 2 is 1.77 bits per heavy atom. The number of aromatic nitrogens is 3. The zero-order valence-corrected chi connectivity index (χ0v) is 16.9. The van der Waals surface area contributed by atoms with Gasteiger partial charge in [0.1, 0.15) is 5.82 Å². The molecule has 2 heterocycles. The largest absolute Gasteiger partial charge is 0.422 e. The van der Waals surface area contributed by atoms with E-state index in [1.807, 2.05) is 48.5 Å².